The smallest absolute Gasteiger partial charge is 0.335 e. The van der Waals surface area contributed by atoms with E-state index in [9.17, 15) is 9.59 Å². The fraction of sp³-hybridized carbons (Fsp3) is 0.222. The van der Waals surface area contributed by atoms with Gasteiger partial charge in [-0.15, -0.1) is 0 Å². The lowest BCUT2D eigenvalue weighted by molar-refractivity contribution is 0.0696. The second kappa shape index (κ2) is 6.52. The number of carbonyl (C=O) groups excluding carboxylic acids is 1. The van der Waals surface area contributed by atoms with Crippen LogP contribution in [0.25, 0.3) is 0 Å². The molecule has 0 fully saturated rings. The Kier molecular flexibility index (Phi) is 4.28. The maximum Gasteiger partial charge on any atom is 0.335 e. The SMILES string of the molecule is O=C(O)c1ccc(C(=O)NC[C@@H]2CCOc3ccccc32)cc1. The highest BCUT2D eigenvalue weighted by molar-refractivity contribution is 5.95. The van der Waals surface area contributed by atoms with Gasteiger partial charge in [-0.25, -0.2) is 4.79 Å². The van der Waals surface area contributed by atoms with Crippen LogP contribution in [0.15, 0.2) is 48.5 Å². The van der Waals surface area contributed by atoms with Crippen molar-refractivity contribution in [2.75, 3.05) is 13.2 Å². The first-order valence-corrected chi connectivity index (χ1v) is 7.48. The fourth-order valence-electron chi connectivity index (χ4n) is 2.71. The number of carboxylic acids is 1. The topological polar surface area (TPSA) is 75.6 Å². The van der Waals surface area contributed by atoms with Crippen LogP contribution in [0.1, 0.15) is 38.6 Å². The van der Waals surface area contributed by atoms with Gasteiger partial charge in [0.25, 0.3) is 5.91 Å². The summed E-state index contributed by atoms with van der Waals surface area (Å²) in [4.78, 5) is 23.0. The lowest BCUT2D eigenvalue weighted by Crippen LogP contribution is -2.30. The first-order valence-electron chi connectivity index (χ1n) is 7.48. The molecule has 5 nitrogen and oxygen atoms in total. The molecule has 0 unspecified atom stereocenters. The quantitative estimate of drug-likeness (QED) is 0.910. The monoisotopic (exact) mass is 311 g/mol. The highest BCUT2D eigenvalue weighted by Gasteiger charge is 2.21. The van der Waals surface area contributed by atoms with Crippen LogP contribution < -0.4 is 10.1 Å². The summed E-state index contributed by atoms with van der Waals surface area (Å²) >= 11 is 0. The zero-order valence-corrected chi connectivity index (χ0v) is 12.5. The third-order valence-corrected chi connectivity index (χ3v) is 3.99. The molecule has 1 aliphatic heterocycles. The van der Waals surface area contributed by atoms with Crippen LogP contribution in [0.5, 0.6) is 5.75 Å². The van der Waals surface area contributed by atoms with Gasteiger partial charge in [0.05, 0.1) is 12.2 Å². The number of carbonyl (C=O) groups is 2. The summed E-state index contributed by atoms with van der Waals surface area (Å²) in [5.41, 5.74) is 1.73. The summed E-state index contributed by atoms with van der Waals surface area (Å²) < 4.78 is 5.61. The second-order valence-corrected chi connectivity index (χ2v) is 5.46. The van der Waals surface area contributed by atoms with E-state index in [0.717, 1.165) is 17.7 Å². The van der Waals surface area contributed by atoms with Crippen LogP contribution in [0, 0.1) is 0 Å². The molecule has 0 saturated carbocycles. The van der Waals surface area contributed by atoms with E-state index in [1.807, 2.05) is 24.3 Å². The molecule has 1 amide bonds. The Balaban J connectivity index is 1.64. The maximum absolute atomic E-state index is 12.2. The number of aromatic carboxylic acids is 1. The molecule has 23 heavy (non-hydrogen) atoms. The van der Waals surface area contributed by atoms with E-state index in [1.165, 1.54) is 24.3 Å². The first kappa shape index (κ1) is 15.1. The predicted molar refractivity (Wildman–Crippen MR) is 85.0 cm³/mol. The van der Waals surface area contributed by atoms with Crippen LogP contribution in [0.3, 0.4) is 0 Å². The van der Waals surface area contributed by atoms with Crippen molar-refractivity contribution in [2.45, 2.75) is 12.3 Å². The van der Waals surface area contributed by atoms with Gasteiger partial charge in [0, 0.05) is 18.0 Å². The Morgan fingerprint density at radius 1 is 1.09 bits per heavy atom. The summed E-state index contributed by atoms with van der Waals surface area (Å²) in [6.07, 6.45) is 0.856. The van der Waals surface area contributed by atoms with Gasteiger partial charge < -0.3 is 15.2 Å². The van der Waals surface area contributed by atoms with Crippen molar-refractivity contribution in [3.63, 3.8) is 0 Å². The molecule has 2 aromatic rings. The van der Waals surface area contributed by atoms with Gasteiger partial charge >= 0.3 is 5.97 Å². The van der Waals surface area contributed by atoms with E-state index in [2.05, 4.69) is 5.32 Å². The van der Waals surface area contributed by atoms with Crippen LogP contribution in [-0.2, 0) is 0 Å². The lowest BCUT2D eigenvalue weighted by atomic mass is 9.93. The Hall–Kier alpha value is -2.82. The molecule has 0 bridgehead atoms. The largest absolute Gasteiger partial charge is 0.493 e. The van der Waals surface area contributed by atoms with Gasteiger partial charge in [-0.3, -0.25) is 4.79 Å². The van der Waals surface area contributed by atoms with Gasteiger partial charge in [-0.05, 0) is 42.3 Å². The Labute approximate surface area is 133 Å². The van der Waals surface area contributed by atoms with Gasteiger partial charge in [-0.2, -0.15) is 0 Å². The second-order valence-electron chi connectivity index (χ2n) is 5.46. The Bertz CT molecular complexity index is 724. The average Bonchev–Trinajstić information content (AvgIpc) is 2.59. The molecule has 1 atom stereocenters. The molecule has 1 aliphatic rings. The van der Waals surface area contributed by atoms with Gasteiger partial charge in [0.2, 0.25) is 0 Å². The normalized spacial score (nSPS) is 16.1. The standard InChI is InChI=1S/C18H17NO4/c20-17(12-5-7-13(8-6-12)18(21)22)19-11-14-9-10-23-16-4-2-1-3-15(14)16/h1-8,14H,9-11H2,(H,19,20)(H,21,22)/t14-/m0/s1. The van der Waals surface area contributed by atoms with Crippen LogP contribution in [0.2, 0.25) is 0 Å². The number of hydrogen-bond acceptors (Lipinski definition) is 3. The minimum Gasteiger partial charge on any atom is -0.493 e. The van der Waals surface area contributed by atoms with E-state index >= 15 is 0 Å². The predicted octanol–water partition coefficient (Wildman–Crippen LogP) is 2.68. The molecule has 0 spiro atoms. The van der Waals surface area contributed by atoms with Crippen LogP contribution in [-0.4, -0.2) is 30.1 Å². The van der Waals surface area contributed by atoms with E-state index < -0.39 is 5.97 Å². The van der Waals surface area contributed by atoms with Crippen LogP contribution >= 0.6 is 0 Å². The van der Waals surface area contributed by atoms with Gasteiger partial charge in [-0.1, -0.05) is 18.2 Å². The third-order valence-electron chi connectivity index (χ3n) is 3.99. The van der Waals surface area contributed by atoms with Crippen molar-refractivity contribution < 1.29 is 19.4 Å². The van der Waals surface area contributed by atoms with Crippen molar-refractivity contribution in [1.82, 2.24) is 5.32 Å². The molecule has 5 heteroatoms. The molecule has 118 valence electrons. The Morgan fingerprint density at radius 2 is 1.78 bits per heavy atom. The fourth-order valence-corrected chi connectivity index (χ4v) is 2.71. The summed E-state index contributed by atoms with van der Waals surface area (Å²) in [6, 6.07) is 13.8. The van der Waals surface area contributed by atoms with Crippen molar-refractivity contribution in [3.05, 3.63) is 65.2 Å². The van der Waals surface area contributed by atoms with E-state index in [4.69, 9.17) is 9.84 Å². The number of nitrogens with one attached hydrogen (secondary N) is 1. The summed E-state index contributed by atoms with van der Waals surface area (Å²) in [7, 11) is 0. The molecule has 0 aromatic heterocycles. The van der Waals surface area contributed by atoms with Crippen molar-refractivity contribution in [2.24, 2.45) is 0 Å². The van der Waals surface area contributed by atoms with E-state index in [-0.39, 0.29) is 17.4 Å². The molecule has 0 saturated heterocycles. The molecule has 0 radical (unpaired) electrons. The highest BCUT2D eigenvalue weighted by atomic mass is 16.5. The number of hydrogen-bond donors (Lipinski definition) is 2. The molecular formula is C18H17NO4. The molecule has 3 rings (SSSR count). The maximum atomic E-state index is 12.2. The number of amides is 1. The summed E-state index contributed by atoms with van der Waals surface area (Å²) in [5.74, 6) is -0.104. The number of ether oxygens (including phenoxy) is 1. The molecule has 2 aromatic carbocycles. The minimum atomic E-state index is -1.00. The number of fused-ring (bicyclic) bond motifs is 1. The molecule has 2 N–H and O–H groups in total. The summed E-state index contributed by atoms with van der Waals surface area (Å²) in [5, 5.41) is 11.8. The van der Waals surface area contributed by atoms with Crippen molar-refractivity contribution in [3.8, 4) is 5.75 Å². The number of carboxylic acid groups (broad SMARTS) is 1. The number of benzene rings is 2. The molecule has 1 heterocycles. The van der Waals surface area contributed by atoms with E-state index in [0.29, 0.717) is 18.7 Å². The molecule has 0 aliphatic carbocycles. The minimum absolute atomic E-state index is 0.167. The third kappa shape index (κ3) is 3.34. The van der Waals surface area contributed by atoms with Crippen molar-refractivity contribution >= 4 is 11.9 Å². The Morgan fingerprint density at radius 3 is 2.52 bits per heavy atom. The van der Waals surface area contributed by atoms with Crippen LogP contribution in [0.4, 0.5) is 0 Å². The lowest BCUT2D eigenvalue weighted by Gasteiger charge is -2.26. The summed E-state index contributed by atoms with van der Waals surface area (Å²) in [6.45, 7) is 1.17. The zero-order chi connectivity index (χ0) is 16.2. The van der Waals surface area contributed by atoms with Gasteiger partial charge in [0.15, 0.2) is 0 Å². The number of rotatable bonds is 4. The van der Waals surface area contributed by atoms with E-state index in [1.54, 1.807) is 0 Å². The number of para-hydroxylation sites is 1. The molecular weight excluding hydrogens is 294 g/mol. The van der Waals surface area contributed by atoms with Gasteiger partial charge in [0.1, 0.15) is 5.75 Å². The average molecular weight is 311 g/mol. The zero-order valence-electron chi connectivity index (χ0n) is 12.5. The first-order chi connectivity index (χ1) is 11.1. The highest BCUT2D eigenvalue weighted by Crippen LogP contribution is 2.32. The van der Waals surface area contributed by atoms with Crippen molar-refractivity contribution in [1.29, 1.82) is 0 Å².